The van der Waals surface area contributed by atoms with Gasteiger partial charge in [-0.3, -0.25) is 4.68 Å². The molecule has 1 aliphatic rings. The van der Waals surface area contributed by atoms with Crippen LogP contribution in [0.4, 0.5) is 0 Å². The first-order valence-corrected chi connectivity index (χ1v) is 6.63. The van der Waals surface area contributed by atoms with Crippen LogP contribution in [0.5, 0.6) is 0 Å². The zero-order valence-corrected chi connectivity index (χ0v) is 12.4. The quantitative estimate of drug-likeness (QED) is 0.889. The number of ether oxygens (including phenoxy) is 1. The van der Waals surface area contributed by atoms with Gasteiger partial charge in [-0.05, 0) is 20.3 Å². The predicted octanol–water partition coefficient (Wildman–Crippen LogP) is 1.94. The lowest BCUT2D eigenvalue weighted by atomic mass is 9.64. The minimum Gasteiger partial charge on any atom is -0.381 e. The standard InChI is InChI=1S/C14H25N3O/c1-9-11(10(2)17(5)16-9)8-15-12-7-13(18-6)14(12,3)4/h12-13,15H,7-8H2,1-6H3. The summed E-state index contributed by atoms with van der Waals surface area (Å²) in [6.45, 7) is 9.64. The highest BCUT2D eigenvalue weighted by Crippen LogP contribution is 2.42. The Bertz CT molecular complexity index is 436. The van der Waals surface area contributed by atoms with Crippen molar-refractivity contribution in [2.24, 2.45) is 12.5 Å². The Morgan fingerprint density at radius 3 is 2.56 bits per heavy atom. The van der Waals surface area contributed by atoms with Gasteiger partial charge < -0.3 is 10.1 Å². The molecule has 1 N–H and O–H groups in total. The Kier molecular flexibility index (Phi) is 3.52. The molecule has 0 saturated heterocycles. The van der Waals surface area contributed by atoms with Crippen LogP contribution in [0.1, 0.15) is 37.2 Å². The molecule has 1 saturated carbocycles. The van der Waals surface area contributed by atoms with E-state index in [9.17, 15) is 0 Å². The van der Waals surface area contributed by atoms with Crippen molar-refractivity contribution in [2.75, 3.05) is 7.11 Å². The first-order chi connectivity index (χ1) is 8.37. The monoisotopic (exact) mass is 251 g/mol. The average Bonchev–Trinajstić information content (AvgIpc) is 2.54. The Balaban J connectivity index is 1.97. The molecule has 1 aromatic heterocycles. The van der Waals surface area contributed by atoms with Gasteiger partial charge in [0.25, 0.3) is 0 Å². The first-order valence-electron chi connectivity index (χ1n) is 6.63. The van der Waals surface area contributed by atoms with Gasteiger partial charge in [-0.25, -0.2) is 0 Å². The number of nitrogens with zero attached hydrogens (tertiary/aromatic N) is 2. The van der Waals surface area contributed by atoms with Crippen molar-refractivity contribution in [1.82, 2.24) is 15.1 Å². The minimum absolute atomic E-state index is 0.221. The molecule has 2 rings (SSSR count). The maximum atomic E-state index is 5.48. The van der Waals surface area contributed by atoms with Crippen molar-refractivity contribution in [2.45, 2.75) is 52.8 Å². The Labute approximate surface area is 110 Å². The van der Waals surface area contributed by atoms with Crippen LogP contribution in [0.2, 0.25) is 0 Å². The first kappa shape index (κ1) is 13.6. The van der Waals surface area contributed by atoms with Crippen LogP contribution in [0, 0.1) is 19.3 Å². The third kappa shape index (κ3) is 2.08. The van der Waals surface area contributed by atoms with E-state index in [4.69, 9.17) is 4.74 Å². The van der Waals surface area contributed by atoms with E-state index in [-0.39, 0.29) is 5.41 Å². The molecule has 102 valence electrons. The average molecular weight is 251 g/mol. The van der Waals surface area contributed by atoms with E-state index >= 15 is 0 Å². The van der Waals surface area contributed by atoms with Crippen molar-refractivity contribution in [3.05, 3.63) is 17.0 Å². The second-order valence-electron chi connectivity index (χ2n) is 5.99. The van der Waals surface area contributed by atoms with Gasteiger partial charge in [0.2, 0.25) is 0 Å². The van der Waals surface area contributed by atoms with Gasteiger partial charge in [-0.1, -0.05) is 13.8 Å². The van der Waals surface area contributed by atoms with E-state index in [2.05, 4.69) is 38.1 Å². The molecule has 0 amide bonds. The van der Waals surface area contributed by atoms with Crippen LogP contribution < -0.4 is 5.32 Å². The number of aromatic nitrogens is 2. The number of nitrogens with one attached hydrogen (secondary N) is 1. The Morgan fingerprint density at radius 1 is 1.44 bits per heavy atom. The molecule has 0 bridgehead atoms. The summed E-state index contributed by atoms with van der Waals surface area (Å²) in [6.07, 6.45) is 1.48. The summed E-state index contributed by atoms with van der Waals surface area (Å²) < 4.78 is 7.43. The van der Waals surface area contributed by atoms with Gasteiger partial charge in [0.1, 0.15) is 0 Å². The molecule has 0 aliphatic heterocycles. The SMILES string of the molecule is COC1CC(NCc2c(C)nn(C)c2C)C1(C)C. The number of hydrogen-bond donors (Lipinski definition) is 1. The summed E-state index contributed by atoms with van der Waals surface area (Å²) in [5.74, 6) is 0. The predicted molar refractivity (Wildman–Crippen MR) is 72.5 cm³/mol. The smallest absolute Gasteiger partial charge is 0.0652 e. The van der Waals surface area contributed by atoms with E-state index in [0.29, 0.717) is 12.1 Å². The summed E-state index contributed by atoms with van der Waals surface area (Å²) in [4.78, 5) is 0. The van der Waals surface area contributed by atoms with Gasteiger partial charge in [0.15, 0.2) is 0 Å². The van der Waals surface area contributed by atoms with Crippen molar-refractivity contribution in [3.8, 4) is 0 Å². The molecule has 1 fully saturated rings. The lowest BCUT2D eigenvalue weighted by Crippen LogP contribution is -2.60. The molecule has 0 radical (unpaired) electrons. The van der Waals surface area contributed by atoms with Crippen LogP contribution in [-0.4, -0.2) is 29.0 Å². The van der Waals surface area contributed by atoms with Gasteiger partial charge in [0.05, 0.1) is 11.8 Å². The highest BCUT2D eigenvalue weighted by atomic mass is 16.5. The molecule has 4 nitrogen and oxygen atoms in total. The molecular formula is C14H25N3O. The molecule has 2 unspecified atom stereocenters. The third-order valence-electron chi connectivity index (χ3n) is 4.65. The minimum atomic E-state index is 0.221. The molecule has 0 spiro atoms. The zero-order chi connectivity index (χ0) is 13.5. The fourth-order valence-corrected chi connectivity index (χ4v) is 2.93. The maximum absolute atomic E-state index is 5.48. The highest BCUT2D eigenvalue weighted by molar-refractivity contribution is 5.24. The summed E-state index contributed by atoms with van der Waals surface area (Å²) in [6, 6.07) is 0.529. The second-order valence-corrected chi connectivity index (χ2v) is 5.99. The van der Waals surface area contributed by atoms with Gasteiger partial charge in [-0.15, -0.1) is 0 Å². The van der Waals surface area contributed by atoms with Crippen molar-refractivity contribution in [1.29, 1.82) is 0 Å². The second kappa shape index (κ2) is 4.67. The van der Waals surface area contributed by atoms with Gasteiger partial charge >= 0.3 is 0 Å². The van der Waals surface area contributed by atoms with Crippen LogP contribution in [0.25, 0.3) is 0 Å². The molecule has 18 heavy (non-hydrogen) atoms. The molecule has 1 aliphatic carbocycles. The number of rotatable bonds is 4. The third-order valence-corrected chi connectivity index (χ3v) is 4.65. The zero-order valence-electron chi connectivity index (χ0n) is 12.4. The van der Waals surface area contributed by atoms with Crippen molar-refractivity contribution >= 4 is 0 Å². The van der Waals surface area contributed by atoms with Crippen LogP contribution in [-0.2, 0) is 18.3 Å². The molecule has 4 heteroatoms. The highest BCUT2D eigenvalue weighted by Gasteiger charge is 2.48. The maximum Gasteiger partial charge on any atom is 0.0652 e. The lowest BCUT2D eigenvalue weighted by Gasteiger charge is -2.51. The summed E-state index contributed by atoms with van der Waals surface area (Å²) in [5, 5.41) is 8.10. The van der Waals surface area contributed by atoms with Crippen LogP contribution >= 0.6 is 0 Å². The van der Waals surface area contributed by atoms with E-state index in [1.807, 2.05) is 11.7 Å². The number of aryl methyl sites for hydroxylation is 2. The van der Waals surface area contributed by atoms with E-state index < -0.39 is 0 Å². The van der Waals surface area contributed by atoms with Gasteiger partial charge in [-0.2, -0.15) is 5.10 Å². The Hall–Kier alpha value is -0.870. The topological polar surface area (TPSA) is 39.1 Å². The fraction of sp³-hybridized carbons (Fsp3) is 0.786. The number of hydrogen-bond acceptors (Lipinski definition) is 3. The summed E-state index contributed by atoms with van der Waals surface area (Å²) in [7, 11) is 3.80. The molecule has 1 heterocycles. The van der Waals surface area contributed by atoms with Gasteiger partial charge in [0, 0.05) is 43.4 Å². The van der Waals surface area contributed by atoms with E-state index in [0.717, 1.165) is 18.7 Å². The van der Waals surface area contributed by atoms with Crippen molar-refractivity contribution < 1.29 is 4.74 Å². The van der Waals surface area contributed by atoms with E-state index in [1.165, 1.54) is 11.3 Å². The lowest BCUT2D eigenvalue weighted by molar-refractivity contribution is -0.0979. The summed E-state index contributed by atoms with van der Waals surface area (Å²) in [5.41, 5.74) is 3.93. The largest absolute Gasteiger partial charge is 0.381 e. The van der Waals surface area contributed by atoms with Crippen LogP contribution in [0.15, 0.2) is 0 Å². The fourth-order valence-electron chi connectivity index (χ4n) is 2.93. The molecule has 1 aromatic rings. The number of methoxy groups -OCH3 is 1. The molecule has 0 aromatic carbocycles. The van der Waals surface area contributed by atoms with Crippen LogP contribution in [0.3, 0.4) is 0 Å². The van der Waals surface area contributed by atoms with E-state index in [1.54, 1.807) is 7.11 Å². The molecular weight excluding hydrogens is 226 g/mol. The van der Waals surface area contributed by atoms with Crippen molar-refractivity contribution in [3.63, 3.8) is 0 Å². The summed E-state index contributed by atoms with van der Waals surface area (Å²) >= 11 is 0. The normalized spacial score (nSPS) is 26.1. The Morgan fingerprint density at radius 2 is 2.11 bits per heavy atom. The molecule has 2 atom stereocenters.